The molecule has 0 spiro atoms. The van der Waals surface area contributed by atoms with Gasteiger partial charge in [-0.15, -0.1) is 0 Å². The van der Waals surface area contributed by atoms with E-state index in [9.17, 15) is 4.79 Å². The van der Waals surface area contributed by atoms with Crippen molar-refractivity contribution in [2.24, 2.45) is 0 Å². The van der Waals surface area contributed by atoms with Gasteiger partial charge < -0.3 is 10.1 Å². The van der Waals surface area contributed by atoms with Crippen molar-refractivity contribution in [1.82, 2.24) is 19.8 Å². The maximum Gasteiger partial charge on any atom is 0.232 e. The maximum absolute atomic E-state index is 12.9. The molecule has 25 heavy (non-hydrogen) atoms. The molecular formula is C19H26N4O2. The van der Waals surface area contributed by atoms with Gasteiger partial charge >= 0.3 is 0 Å². The van der Waals surface area contributed by atoms with Crippen molar-refractivity contribution >= 4 is 16.9 Å². The van der Waals surface area contributed by atoms with E-state index in [1.165, 1.54) is 5.56 Å². The SMILES string of the molecule is O=C(CCN1CCOCC1)n1cc(C2CCNCC2)c2ncccc21. The topological polar surface area (TPSA) is 59.4 Å². The predicted octanol–water partition coefficient (Wildman–Crippen LogP) is 1.87. The van der Waals surface area contributed by atoms with Crippen LogP contribution in [0.25, 0.3) is 11.0 Å². The maximum atomic E-state index is 12.9. The molecule has 6 nitrogen and oxygen atoms in total. The summed E-state index contributed by atoms with van der Waals surface area (Å²) < 4.78 is 7.21. The molecule has 0 radical (unpaired) electrons. The summed E-state index contributed by atoms with van der Waals surface area (Å²) in [7, 11) is 0. The molecule has 4 rings (SSSR count). The van der Waals surface area contributed by atoms with Crippen molar-refractivity contribution in [1.29, 1.82) is 0 Å². The number of aromatic nitrogens is 2. The minimum atomic E-state index is 0.157. The molecule has 6 heteroatoms. The number of fused-ring (bicyclic) bond motifs is 1. The number of piperidine rings is 1. The smallest absolute Gasteiger partial charge is 0.232 e. The Bertz CT molecular complexity index is 730. The van der Waals surface area contributed by atoms with Crippen molar-refractivity contribution in [3.63, 3.8) is 0 Å². The first kappa shape index (κ1) is 16.7. The van der Waals surface area contributed by atoms with Crippen LogP contribution in [0.3, 0.4) is 0 Å². The second kappa shape index (κ2) is 7.64. The summed E-state index contributed by atoms with van der Waals surface area (Å²) >= 11 is 0. The third-order valence-corrected chi connectivity index (χ3v) is 5.38. The molecule has 1 N–H and O–H groups in total. The zero-order valence-corrected chi connectivity index (χ0v) is 14.6. The minimum Gasteiger partial charge on any atom is -0.379 e. The van der Waals surface area contributed by atoms with Crippen LogP contribution >= 0.6 is 0 Å². The summed E-state index contributed by atoms with van der Waals surface area (Å²) in [6.45, 7) is 6.24. The summed E-state index contributed by atoms with van der Waals surface area (Å²) in [6.07, 6.45) is 6.63. The van der Waals surface area contributed by atoms with E-state index >= 15 is 0 Å². The van der Waals surface area contributed by atoms with Gasteiger partial charge in [-0.3, -0.25) is 19.2 Å². The first-order valence-corrected chi connectivity index (χ1v) is 9.33. The van der Waals surface area contributed by atoms with Crippen LogP contribution in [0.5, 0.6) is 0 Å². The van der Waals surface area contributed by atoms with Crippen molar-refractivity contribution in [2.75, 3.05) is 45.9 Å². The third kappa shape index (κ3) is 3.61. The normalized spacial score (nSPS) is 20.2. The Kier molecular flexibility index (Phi) is 5.10. The van der Waals surface area contributed by atoms with Crippen molar-refractivity contribution in [3.8, 4) is 0 Å². The summed E-state index contributed by atoms with van der Waals surface area (Å²) in [5.74, 6) is 0.650. The van der Waals surface area contributed by atoms with E-state index in [2.05, 4.69) is 21.4 Å². The first-order chi connectivity index (χ1) is 12.3. The summed E-state index contributed by atoms with van der Waals surface area (Å²) in [6, 6.07) is 3.93. The molecule has 0 bridgehead atoms. The van der Waals surface area contributed by atoms with Gasteiger partial charge in [0.05, 0.1) is 24.2 Å². The van der Waals surface area contributed by atoms with Crippen LogP contribution in [0.15, 0.2) is 24.5 Å². The second-order valence-corrected chi connectivity index (χ2v) is 6.95. The van der Waals surface area contributed by atoms with Crippen LogP contribution < -0.4 is 5.32 Å². The van der Waals surface area contributed by atoms with Crippen LogP contribution in [-0.2, 0) is 4.74 Å². The standard InChI is InChI=1S/C19H26N4O2/c24-18(5-9-22-10-12-25-13-11-22)23-14-16(15-3-7-20-8-4-15)19-17(23)2-1-6-21-19/h1-2,6,14-15,20H,3-5,7-13H2. The predicted molar refractivity (Wildman–Crippen MR) is 97.1 cm³/mol. The Morgan fingerprint density at radius 3 is 2.88 bits per heavy atom. The van der Waals surface area contributed by atoms with E-state index in [0.29, 0.717) is 12.3 Å². The molecule has 134 valence electrons. The molecule has 2 aliphatic rings. The number of pyridine rings is 1. The van der Waals surface area contributed by atoms with Crippen LogP contribution in [0.1, 0.15) is 35.5 Å². The lowest BCUT2D eigenvalue weighted by Crippen LogP contribution is -2.37. The fourth-order valence-corrected chi connectivity index (χ4v) is 3.92. The van der Waals surface area contributed by atoms with Crippen LogP contribution in [0.4, 0.5) is 0 Å². The number of hydrogen-bond acceptors (Lipinski definition) is 5. The molecule has 2 fully saturated rings. The molecule has 0 aliphatic carbocycles. The van der Waals surface area contributed by atoms with Gasteiger partial charge in [-0.1, -0.05) is 0 Å². The Morgan fingerprint density at radius 1 is 1.28 bits per heavy atom. The summed E-state index contributed by atoms with van der Waals surface area (Å²) in [4.78, 5) is 19.8. The lowest BCUT2D eigenvalue weighted by molar-refractivity contribution is 0.0363. The number of morpholine rings is 1. The number of nitrogens with one attached hydrogen (secondary N) is 1. The molecule has 2 aromatic heterocycles. The van der Waals surface area contributed by atoms with E-state index in [1.807, 2.05) is 22.9 Å². The van der Waals surface area contributed by atoms with E-state index < -0.39 is 0 Å². The molecule has 0 aromatic carbocycles. The Morgan fingerprint density at radius 2 is 2.08 bits per heavy atom. The highest BCUT2D eigenvalue weighted by Crippen LogP contribution is 2.31. The molecule has 2 saturated heterocycles. The lowest BCUT2D eigenvalue weighted by Gasteiger charge is -2.26. The molecule has 0 unspecified atom stereocenters. The van der Waals surface area contributed by atoms with E-state index in [4.69, 9.17) is 4.74 Å². The number of hydrogen-bond donors (Lipinski definition) is 1. The summed E-state index contributed by atoms with van der Waals surface area (Å²) in [5.41, 5.74) is 3.17. The highest BCUT2D eigenvalue weighted by molar-refractivity contribution is 5.92. The van der Waals surface area contributed by atoms with Gasteiger partial charge in [-0.05, 0) is 49.5 Å². The molecule has 0 amide bonds. The highest BCUT2D eigenvalue weighted by Gasteiger charge is 2.23. The van der Waals surface area contributed by atoms with E-state index in [0.717, 1.165) is 69.8 Å². The van der Waals surface area contributed by atoms with Crippen LogP contribution in [0, 0.1) is 0 Å². The van der Waals surface area contributed by atoms with Gasteiger partial charge in [0.1, 0.15) is 0 Å². The highest BCUT2D eigenvalue weighted by atomic mass is 16.5. The number of ether oxygens (including phenoxy) is 1. The van der Waals surface area contributed by atoms with Crippen molar-refractivity contribution < 1.29 is 9.53 Å². The number of rotatable bonds is 4. The average Bonchev–Trinajstić information content (AvgIpc) is 3.07. The fraction of sp³-hybridized carbons (Fsp3) is 0.579. The average molecular weight is 342 g/mol. The Hall–Kier alpha value is -1.76. The van der Waals surface area contributed by atoms with Gasteiger partial charge in [0.25, 0.3) is 0 Å². The van der Waals surface area contributed by atoms with Gasteiger partial charge in [0.2, 0.25) is 5.91 Å². The number of carbonyl (C=O) groups is 1. The fourth-order valence-electron chi connectivity index (χ4n) is 3.92. The molecule has 0 atom stereocenters. The van der Waals surface area contributed by atoms with E-state index in [-0.39, 0.29) is 5.91 Å². The first-order valence-electron chi connectivity index (χ1n) is 9.33. The monoisotopic (exact) mass is 342 g/mol. The van der Waals surface area contributed by atoms with Gasteiger partial charge in [-0.2, -0.15) is 0 Å². The van der Waals surface area contributed by atoms with Crippen LogP contribution in [0.2, 0.25) is 0 Å². The quantitative estimate of drug-likeness (QED) is 0.919. The zero-order valence-electron chi connectivity index (χ0n) is 14.6. The van der Waals surface area contributed by atoms with Crippen LogP contribution in [-0.4, -0.2) is 66.3 Å². The molecule has 4 heterocycles. The molecular weight excluding hydrogens is 316 g/mol. The third-order valence-electron chi connectivity index (χ3n) is 5.38. The Balaban J connectivity index is 1.55. The molecule has 2 aliphatic heterocycles. The van der Waals surface area contributed by atoms with Gasteiger partial charge in [0, 0.05) is 38.4 Å². The van der Waals surface area contributed by atoms with Gasteiger partial charge in [0.15, 0.2) is 0 Å². The number of carbonyl (C=O) groups excluding carboxylic acids is 1. The lowest BCUT2D eigenvalue weighted by atomic mass is 9.91. The zero-order chi connectivity index (χ0) is 17.1. The second-order valence-electron chi connectivity index (χ2n) is 6.95. The largest absolute Gasteiger partial charge is 0.379 e. The molecule has 2 aromatic rings. The van der Waals surface area contributed by atoms with Crippen molar-refractivity contribution in [2.45, 2.75) is 25.2 Å². The van der Waals surface area contributed by atoms with Crippen molar-refractivity contribution in [3.05, 3.63) is 30.1 Å². The Labute approximate surface area is 148 Å². The van der Waals surface area contributed by atoms with E-state index in [1.54, 1.807) is 0 Å². The molecule has 0 saturated carbocycles. The summed E-state index contributed by atoms with van der Waals surface area (Å²) in [5, 5.41) is 3.41. The number of nitrogens with zero attached hydrogens (tertiary/aromatic N) is 3. The van der Waals surface area contributed by atoms with Gasteiger partial charge in [-0.25, -0.2) is 0 Å². The minimum absolute atomic E-state index is 0.157.